The number of hydrogen-bond donors (Lipinski definition) is 0. The van der Waals surface area contributed by atoms with Crippen molar-refractivity contribution in [3.63, 3.8) is 0 Å². The number of hydrogen-bond acceptors (Lipinski definition) is 3. The molecule has 0 amide bonds. The summed E-state index contributed by atoms with van der Waals surface area (Å²) >= 11 is 3.41. The van der Waals surface area contributed by atoms with Crippen LogP contribution >= 0.6 is 15.9 Å². The van der Waals surface area contributed by atoms with Crippen LogP contribution in [0.3, 0.4) is 0 Å². The highest BCUT2D eigenvalue weighted by Gasteiger charge is 2.11. The Labute approximate surface area is 96.6 Å². The van der Waals surface area contributed by atoms with Crippen molar-refractivity contribution in [2.24, 2.45) is 0 Å². The van der Waals surface area contributed by atoms with E-state index < -0.39 is 0 Å². The average molecular weight is 267 g/mol. The van der Waals surface area contributed by atoms with Crippen LogP contribution in [0, 0.1) is 0 Å². The Kier molecular flexibility index (Phi) is 2.86. The second-order valence-corrected chi connectivity index (χ2v) is 4.54. The van der Waals surface area contributed by atoms with Crippen LogP contribution in [0.5, 0.6) is 0 Å². The largest absolute Gasteiger partial charge is 0.334 e. The van der Waals surface area contributed by atoms with Gasteiger partial charge >= 0.3 is 0 Å². The summed E-state index contributed by atoms with van der Waals surface area (Å²) in [6, 6.07) is 7.81. The van der Waals surface area contributed by atoms with Crippen molar-refractivity contribution in [3.8, 4) is 11.5 Å². The number of aromatic nitrogens is 2. The van der Waals surface area contributed by atoms with Gasteiger partial charge in [0.1, 0.15) is 0 Å². The molecule has 3 nitrogen and oxygen atoms in total. The summed E-state index contributed by atoms with van der Waals surface area (Å²) in [5, 5.41) is 3.92. The average Bonchev–Trinajstić information content (AvgIpc) is 2.66. The van der Waals surface area contributed by atoms with Crippen LogP contribution in [-0.4, -0.2) is 10.1 Å². The van der Waals surface area contributed by atoms with Crippen LogP contribution in [0.4, 0.5) is 0 Å². The zero-order chi connectivity index (χ0) is 10.8. The maximum atomic E-state index is 5.19. The zero-order valence-electron chi connectivity index (χ0n) is 8.57. The normalized spacial score (nSPS) is 10.9. The first-order valence-corrected chi connectivity index (χ1v) is 5.55. The third-order valence-corrected chi connectivity index (χ3v) is 2.52. The highest BCUT2D eigenvalue weighted by atomic mass is 79.9. The van der Waals surface area contributed by atoms with Gasteiger partial charge in [-0.15, -0.1) is 0 Å². The van der Waals surface area contributed by atoms with Gasteiger partial charge in [-0.3, -0.25) is 0 Å². The quantitative estimate of drug-likeness (QED) is 0.834. The molecule has 0 unspecified atom stereocenters. The molecule has 0 spiro atoms. The van der Waals surface area contributed by atoms with E-state index in [1.165, 1.54) is 0 Å². The van der Waals surface area contributed by atoms with Gasteiger partial charge < -0.3 is 4.52 Å². The summed E-state index contributed by atoms with van der Waals surface area (Å²) < 4.78 is 6.19. The van der Waals surface area contributed by atoms with Gasteiger partial charge in [-0.1, -0.05) is 41.0 Å². The van der Waals surface area contributed by atoms with Crippen LogP contribution in [0.2, 0.25) is 0 Å². The first-order valence-electron chi connectivity index (χ1n) is 4.76. The van der Waals surface area contributed by atoms with Gasteiger partial charge in [0.2, 0.25) is 0 Å². The molecule has 1 aromatic carbocycles. The molecule has 0 atom stereocenters. The minimum absolute atomic E-state index is 0.287. The van der Waals surface area contributed by atoms with E-state index in [0.717, 1.165) is 15.9 Å². The molecule has 0 saturated carbocycles. The Morgan fingerprint density at radius 3 is 2.73 bits per heavy atom. The van der Waals surface area contributed by atoms with Gasteiger partial charge in [0, 0.05) is 16.0 Å². The molecule has 0 aliphatic rings. The minimum Gasteiger partial charge on any atom is -0.334 e. The molecule has 0 bridgehead atoms. The summed E-state index contributed by atoms with van der Waals surface area (Å²) in [7, 11) is 0. The zero-order valence-corrected chi connectivity index (χ0v) is 10.2. The smallest absolute Gasteiger partial charge is 0.257 e. The second kappa shape index (κ2) is 4.14. The molecule has 78 valence electrons. The van der Waals surface area contributed by atoms with Crippen molar-refractivity contribution < 1.29 is 4.52 Å². The van der Waals surface area contributed by atoms with Gasteiger partial charge in [-0.05, 0) is 18.2 Å². The minimum atomic E-state index is 0.287. The first kappa shape index (κ1) is 10.4. The van der Waals surface area contributed by atoms with Gasteiger partial charge in [-0.2, -0.15) is 4.98 Å². The SMILES string of the molecule is CC(C)c1noc(-c2cccc(Br)c2)n1. The van der Waals surface area contributed by atoms with Crippen molar-refractivity contribution in [2.75, 3.05) is 0 Å². The van der Waals surface area contributed by atoms with Gasteiger partial charge in [0.25, 0.3) is 5.89 Å². The van der Waals surface area contributed by atoms with Crippen LogP contribution in [0.1, 0.15) is 25.6 Å². The molecule has 0 radical (unpaired) electrons. The van der Waals surface area contributed by atoms with Crippen molar-refractivity contribution in [1.82, 2.24) is 10.1 Å². The lowest BCUT2D eigenvalue weighted by atomic mass is 10.2. The fraction of sp³-hybridized carbons (Fsp3) is 0.273. The molecule has 2 aromatic rings. The maximum Gasteiger partial charge on any atom is 0.257 e. The van der Waals surface area contributed by atoms with Crippen LogP contribution in [0.25, 0.3) is 11.5 Å². The van der Waals surface area contributed by atoms with Gasteiger partial charge in [-0.25, -0.2) is 0 Å². The van der Waals surface area contributed by atoms with E-state index in [9.17, 15) is 0 Å². The van der Waals surface area contributed by atoms with E-state index in [2.05, 4.69) is 26.1 Å². The molecule has 1 heterocycles. The lowest BCUT2D eigenvalue weighted by Gasteiger charge is -1.94. The second-order valence-electron chi connectivity index (χ2n) is 3.62. The Hall–Kier alpha value is -1.16. The van der Waals surface area contributed by atoms with E-state index in [1.54, 1.807) is 0 Å². The van der Waals surface area contributed by atoms with Crippen molar-refractivity contribution in [2.45, 2.75) is 19.8 Å². The number of halogens is 1. The number of nitrogens with zero attached hydrogens (tertiary/aromatic N) is 2. The van der Waals surface area contributed by atoms with Crippen molar-refractivity contribution in [3.05, 3.63) is 34.6 Å². The fourth-order valence-electron chi connectivity index (χ4n) is 1.21. The molecule has 0 saturated heterocycles. The Bertz CT molecular complexity index is 465. The van der Waals surface area contributed by atoms with E-state index in [0.29, 0.717) is 5.89 Å². The van der Waals surface area contributed by atoms with Crippen LogP contribution in [0.15, 0.2) is 33.3 Å². The molecular weight excluding hydrogens is 256 g/mol. The predicted molar refractivity (Wildman–Crippen MR) is 61.5 cm³/mol. The van der Waals surface area contributed by atoms with E-state index in [-0.39, 0.29) is 5.92 Å². The third kappa shape index (κ3) is 2.26. The molecule has 0 fully saturated rings. The number of benzene rings is 1. The molecular formula is C11H11BrN2O. The molecule has 0 aliphatic heterocycles. The highest BCUT2D eigenvalue weighted by Crippen LogP contribution is 2.22. The topological polar surface area (TPSA) is 38.9 Å². The molecule has 1 aromatic heterocycles. The first-order chi connectivity index (χ1) is 7.16. The van der Waals surface area contributed by atoms with Crippen LogP contribution < -0.4 is 0 Å². The monoisotopic (exact) mass is 266 g/mol. The summed E-state index contributed by atoms with van der Waals surface area (Å²) in [6.45, 7) is 4.07. The Balaban J connectivity index is 2.37. The maximum absolute atomic E-state index is 5.19. The Morgan fingerprint density at radius 1 is 1.33 bits per heavy atom. The Morgan fingerprint density at radius 2 is 2.13 bits per heavy atom. The molecule has 4 heteroatoms. The van der Waals surface area contributed by atoms with Crippen molar-refractivity contribution >= 4 is 15.9 Å². The van der Waals surface area contributed by atoms with Gasteiger partial charge in [0.05, 0.1) is 0 Å². The highest BCUT2D eigenvalue weighted by molar-refractivity contribution is 9.10. The van der Waals surface area contributed by atoms with Gasteiger partial charge in [0.15, 0.2) is 5.82 Å². The summed E-state index contributed by atoms with van der Waals surface area (Å²) in [5.74, 6) is 1.60. The summed E-state index contributed by atoms with van der Waals surface area (Å²) in [4.78, 5) is 4.32. The molecule has 2 rings (SSSR count). The standard InChI is InChI=1S/C11H11BrN2O/c1-7(2)10-13-11(15-14-10)8-4-3-5-9(12)6-8/h3-7H,1-2H3. The molecule has 0 aliphatic carbocycles. The van der Waals surface area contributed by atoms with Crippen LogP contribution in [-0.2, 0) is 0 Å². The fourth-order valence-corrected chi connectivity index (χ4v) is 1.61. The third-order valence-electron chi connectivity index (χ3n) is 2.03. The number of rotatable bonds is 2. The van der Waals surface area contributed by atoms with E-state index in [4.69, 9.17) is 4.52 Å². The lowest BCUT2D eigenvalue weighted by molar-refractivity contribution is 0.419. The van der Waals surface area contributed by atoms with E-state index in [1.807, 2.05) is 38.1 Å². The van der Waals surface area contributed by atoms with E-state index >= 15 is 0 Å². The molecule has 0 N–H and O–H groups in total. The summed E-state index contributed by atoms with van der Waals surface area (Å²) in [6.07, 6.45) is 0. The van der Waals surface area contributed by atoms with Crippen molar-refractivity contribution in [1.29, 1.82) is 0 Å². The predicted octanol–water partition coefficient (Wildman–Crippen LogP) is 3.62. The lowest BCUT2D eigenvalue weighted by Crippen LogP contribution is -1.89. The summed E-state index contributed by atoms with van der Waals surface area (Å²) in [5.41, 5.74) is 0.934. The molecule has 15 heavy (non-hydrogen) atoms.